The Labute approximate surface area is 620 Å². The number of likely N-dealkylation sites (N-methyl/N-ethyl adjacent to an activating group) is 9. The molecule has 0 fully saturated rings. The van der Waals surface area contributed by atoms with E-state index in [2.05, 4.69) is 5.32 Å². The Kier molecular flexibility index (Phi) is 43.7. The third kappa shape index (κ3) is 35.2. The fourth-order valence-electron chi connectivity index (χ4n) is 9.56. The van der Waals surface area contributed by atoms with Gasteiger partial charge in [0.2, 0.25) is 23.6 Å². The fourth-order valence-corrected chi connectivity index (χ4v) is 10.1. The number of carboxylic acid groups (broad SMARTS) is 2. The quantitative estimate of drug-likeness (QED) is 0.0285. The number of carbonyl (C=O) groups is 11. The summed E-state index contributed by atoms with van der Waals surface area (Å²) in [4.78, 5) is 146. The van der Waals surface area contributed by atoms with E-state index in [1.54, 1.807) is 109 Å². The molecule has 0 spiro atoms. The summed E-state index contributed by atoms with van der Waals surface area (Å²) in [6.07, 6.45) is 1.56. The Hall–Kier alpha value is -8.10. The summed E-state index contributed by atoms with van der Waals surface area (Å²) in [6.45, 7) is 17.3. The van der Waals surface area contributed by atoms with E-state index in [-0.39, 0.29) is 115 Å². The molecule has 0 bridgehead atoms. The molecular weight excluding hydrogens is 1330 g/mol. The Balaban J connectivity index is 0. The molecule has 0 saturated carbocycles. The van der Waals surface area contributed by atoms with Crippen molar-refractivity contribution in [2.75, 3.05) is 121 Å². The van der Waals surface area contributed by atoms with Crippen LogP contribution in [0.25, 0.3) is 11.1 Å². The summed E-state index contributed by atoms with van der Waals surface area (Å²) in [5.74, 6) is -3.52. The van der Waals surface area contributed by atoms with Gasteiger partial charge in [0, 0.05) is 108 Å². The third-order valence-electron chi connectivity index (χ3n) is 15.3. The van der Waals surface area contributed by atoms with Crippen molar-refractivity contribution < 1.29 is 111 Å². The predicted octanol–water partition coefficient (Wildman–Crippen LogP) is 6.07. The molecule has 0 aliphatic heterocycles. The molecule has 102 heavy (non-hydrogen) atoms. The monoisotopic (exact) mass is 1450 g/mol. The van der Waals surface area contributed by atoms with Gasteiger partial charge >= 0.3 is 61.1 Å². The molecule has 0 radical (unpaired) electrons. The summed E-state index contributed by atoms with van der Waals surface area (Å²) >= 11 is 1.75. The van der Waals surface area contributed by atoms with Crippen LogP contribution in [0.3, 0.4) is 0 Å². The van der Waals surface area contributed by atoms with Crippen LogP contribution in [-0.2, 0) is 63.9 Å². The number of hydrogen-bond donors (Lipinski definition) is 3. The smallest absolute Gasteiger partial charge is 0.870 e. The Bertz CT molecular complexity index is 3100. The predicted molar refractivity (Wildman–Crippen MR) is 386 cm³/mol. The summed E-state index contributed by atoms with van der Waals surface area (Å²) in [7, 11) is 13.8. The number of fused-ring (bicyclic) bond motifs is 3. The number of hydrogen-bond acceptors (Lipinski definition) is 19. The number of benzene rings is 3. The number of carboxylic acids is 2. The average Bonchev–Trinajstić information content (AvgIpc) is 1.61. The molecular formula is C72H114LiN9O19S. The van der Waals surface area contributed by atoms with Crippen LogP contribution in [0.4, 0.5) is 19.2 Å². The van der Waals surface area contributed by atoms with Gasteiger partial charge in [-0.15, -0.1) is 0 Å². The number of unbranched alkanes of at least 4 members (excludes halogenated alkanes) is 2. The SMILES string of the molecule is C.CN(CCN(C)C(=O)[C@H](CC(=O)OCc1ccccc1)N(C)C(=O)OCC1c2ccccc2-c2ccccc21)C(=O)OC(C)(C)C.CN[C@@H](CC(=O)O)C(=O)N(C)CCN(C)C(=O)OC(C)(C)C.CSCCCCCC(=O)N(C)[C@@H](CC(=O)O)C(=O)N(C)CCN(C)C(=O)OC(C)(C)C.[Li+].[OH-]. The van der Waals surface area contributed by atoms with Crippen LogP contribution in [0.2, 0.25) is 0 Å². The summed E-state index contributed by atoms with van der Waals surface area (Å²) < 4.78 is 27.1. The molecule has 4 N–H and O–H groups in total. The van der Waals surface area contributed by atoms with E-state index in [1.807, 2.05) is 85.1 Å². The number of carbonyl (C=O) groups excluding carboxylic acids is 9. The van der Waals surface area contributed by atoms with Crippen molar-refractivity contribution >= 4 is 77.7 Å². The van der Waals surface area contributed by atoms with Gasteiger partial charge in [-0.1, -0.05) is 92.7 Å². The number of ether oxygens (including phenoxy) is 5. The van der Waals surface area contributed by atoms with Gasteiger partial charge in [0.15, 0.2) is 0 Å². The van der Waals surface area contributed by atoms with Crippen molar-refractivity contribution in [3.63, 3.8) is 0 Å². The first kappa shape index (κ1) is 96.0. The van der Waals surface area contributed by atoms with Gasteiger partial charge in [-0.05, 0) is 122 Å². The van der Waals surface area contributed by atoms with Crippen LogP contribution in [-0.4, -0.2) is 277 Å². The zero-order valence-electron chi connectivity index (χ0n) is 63.0. The molecule has 3 atom stereocenters. The second-order valence-electron chi connectivity index (χ2n) is 27.1. The molecule has 0 heterocycles. The van der Waals surface area contributed by atoms with Crippen molar-refractivity contribution in [3.8, 4) is 11.1 Å². The first-order valence-electron chi connectivity index (χ1n) is 32.8. The van der Waals surface area contributed by atoms with E-state index in [1.165, 1.54) is 62.5 Å². The maximum Gasteiger partial charge on any atom is 1.00 e. The Morgan fingerprint density at radius 2 is 0.873 bits per heavy atom. The molecule has 8 amide bonds. The summed E-state index contributed by atoms with van der Waals surface area (Å²) in [5, 5.41) is 20.7. The van der Waals surface area contributed by atoms with Gasteiger partial charge < -0.3 is 79.0 Å². The van der Waals surface area contributed by atoms with E-state index in [4.69, 9.17) is 28.8 Å². The van der Waals surface area contributed by atoms with Crippen molar-refractivity contribution in [1.29, 1.82) is 0 Å². The molecule has 30 heteroatoms. The molecule has 1 aliphatic carbocycles. The van der Waals surface area contributed by atoms with Gasteiger partial charge in [0.1, 0.15) is 42.1 Å². The van der Waals surface area contributed by atoms with E-state index in [0.717, 1.165) is 51.3 Å². The van der Waals surface area contributed by atoms with E-state index < -0.39 is 95.4 Å². The molecule has 3 aromatic rings. The van der Waals surface area contributed by atoms with Crippen LogP contribution in [0, 0.1) is 0 Å². The van der Waals surface area contributed by atoms with Crippen LogP contribution in [0.5, 0.6) is 0 Å². The largest absolute Gasteiger partial charge is 1.00 e. The molecule has 28 nitrogen and oxygen atoms in total. The number of rotatable bonds is 31. The van der Waals surface area contributed by atoms with Crippen LogP contribution >= 0.6 is 11.8 Å². The Morgan fingerprint density at radius 1 is 0.490 bits per heavy atom. The zero-order chi connectivity index (χ0) is 75.1. The number of nitrogens with one attached hydrogen (secondary N) is 1. The van der Waals surface area contributed by atoms with E-state index >= 15 is 0 Å². The van der Waals surface area contributed by atoms with E-state index in [9.17, 15) is 57.8 Å². The van der Waals surface area contributed by atoms with Crippen molar-refractivity contribution in [2.24, 2.45) is 0 Å². The first-order chi connectivity index (χ1) is 46.1. The molecule has 1 aliphatic rings. The van der Waals surface area contributed by atoms with Gasteiger partial charge in [-0.3, -0.25) is 38.5 Å². The molecule has 3 aromatic carbocycles. The number of nitrogens with zero attached hydrogens (tertiary/aromatic N) is 8. The Morgan fingerprint density at radius 3 is 1.26 bits per heavy atom. The second-order valence-corrected chi connectivity index (χ2v) is 28.1. The molecule has 568 valence electrons. The van der Waals surface area contributed by atoms with Crippen molar-refractivity contribution in [2.45, 2.75) is 162 Å². The van der Waals surface area contributed by atoms with Crippen molar-refractivity contribution in [1.82, 2.24) is 44.5 Å². The third-order valence-corrected chi connectivity index (χ3v) is 16.0. The number of thioether (sulfide) groups is 1. The summed E-state index contributed by atoms with van der Waals surface area (Å²) in [6, 6.07) is 22.1. The second kappa shape index (κ2) is 46.5. The average molecular weight is 1450 g/mol. The normalized spacial score (nSPS) is 12.1. The van der Waals surface area contributed by atoms with Gasteiger partial charge in [0.05, 0.1) is 25.3 Å². The van der Waals surface area contributed by atoms with Crippen molar-refractivity contribution in [3.05, 3.63) is 95.6 Å². The molecule has 0 unspecified atom stereocenters. The minimum atomic E-state index is -1.20. The van der Waals surface area contributed by atoms with Gasteiger partial charge in [0.25, 0.3) is 0 Å². The number of amides is 8. The van der Waals surface area contributed by atoms with Crippen LogP contribution in [0.1, 0.15) is 137 Å². The maximum atomic E-state index is 13.7. The van der Waals surface area contributed by atoms with Gasteiger partial charge in [-0.2, -0.15) is 11.8 Å². The zero-order valence-corrected chi connectivity index (χ0v) is 63.8. The van der Waals surface area contributed by atoms with Gasteiger partial charge in [-0.25, -0.2) is 19.2 Å². The molecule has 0 aromatic heterocycles. The minimum absolute atomic E-state index is 0. The molecule has 4 rings (SSSR count). The van der Waals surface area contributed by atoms with Crippen LogP contribution < -0.4 is 24.2 Å². The number of esters is 1. The number of aliphatic carboxylic acids is 2. The van der Waals surface area contributed by atoms with E-state index in [0.29, 0.717) is 13.0 Å². The topological polar surface area (TPSA) is 342 Å². The fraction of sp³-hybridized carbons (Fsp3) is 0.597. The molecule has 0 saturated heterocycles. The standard InChI is InChI=1S/C36H43N3O7.C21H39N3O6S.C14H27N3O5.CH4.Li.H2O/c1-36(2,3)46-34(42)38(5)21-20-37(4)33(41)31(22-32(40)44-23-25-14-8-7-9-15-25)39(6)35(43)45-24-30-28-18-12-10-16-26(28)27-17-11-13-19-29(27)30;1-21(2,3)30-20(29)23(5)13-12-22(4)19(28)16(15-18(26)27)24(6)17(25)11-9-8-10-14-31-7;1-14(2,3)22-13(21)17(6)8-7-16(5)12(20)10(15-4)9-11(18)19;;;/h7-19,30-31H,20-24H2,1-6H3;16H,8-15H2,1-7H3,(H,26,27);10,15H,7-9H2,1-6H3,(H,18,19);1H4;;1H2/q;;;;+1;/p-1/t31-;16-;10-;;;/m000.../s1. The summed E-state index contributed by atoms with van der Waals surface area (Å²) in [5.41, 5.74) is 3.24. The minimum Gasteiger partial charge on any atom is -0.870 e. The first-order valence-corrected chi connectivity index (χ1v) is 34.2. The van der Waals surface area contributed by atoms with Crippen LogP contribution in [0.15, 0.2) is 78.9 Å². The maximum absolute atomic E-state index is 13.7.